The van der Waals surface area contributed by atoms with E-state index in [1.165, 1.54) is 61.2 Å². The number of benzene rings is 4. The maximum atomic E-state index is 3.56. The lowest BCUT2D eigenvalue weighted by Gasteiger charge is -2.25. The van der Waals surface area contributed by atoms with Gasteiger partial charge in [-0.3, -0.25) is 0 Å². The topological polar surface area (TPSA) is 0 Å². The molecule has 252 valence electrons. The molecule has 0 spiro atoms. The van der Waals surface area contributed by atoms with E-state index in [2.05, 4.69) is 214 Å². The van der Waals surface area contributed by atoms with Gasteiger partial charge in [-0.2, -0.15) is 0 Å². The molecule has 0 aliphatic carbocycles. The normalized spacial score (nSPS) is 13.4. The third-order valence-corrected chi connectivity index (χ3v) is 9.56. The summed E-state index contributed by atoms with van der Waals surface area (Å²) in [5.74, 6) is 0. The first-order valence-corrected chi connectivity index (χ1v) is 18.5. The van der Waals surface area contributed by atoms with Crippen molar-refractivity contribution >= 4 is 52.4 Å². The predicted molar refractivity (Wildman–Crippen MR) is 220 cm³/mol. The van der Waals surface area contributed by atoms with Crippen molar-refractivity contribution in [3.05, 3.63) is 140 Å². The van der Waals surface area contributed by atoms with E-state index in [1.54, 1.807) is 0 Å². The van der Waals surface area contributed by atoms with Crippen LogP contribution in [0.3, 0.4) is 0 Å². The van der Waals surface area contributed by atoms with Crippen molar-refractivity contribution < 1.29 is 0 Å². The van der Waals surface area contributed by atoms with E-state index in [9.17, 15) is 0 Å². The molecule has 0 heterocycles. The summed E-state index contributed by atoms with van der Waals surface area (Å²) in [5.41, 5.74) is 14.3. The molecule has 0 atom stereocenters. The molecule has 0 radical (unpaired) electrons. The Balaban J connectivity index is 1.79. The van der Waals surface area contributed by atoms with Crippen LogP contribution in [-0.2, 0) is 27.0 Å². The molecule has 48 heavy (non-hydrogen) atoms. The third kappa shape index (κ3) is 10.5. The first kappa shape index (κ1) is 37.4. The maximum absolute atomic E-state index is 3.56. The van der Waals surface area contributed by atoms with Gasteiger partial charge in [0.15, 0.2) is 0 Å². The zero-order valence-corrected chi connectivity index (χ0v) is 33.1. The molecule has 0 bridgehead atoms. The third-order valence-electron chi connectivity index (χ3n) is 8.91. The monoisotopic (exact) mass is 700 g/mol. The summed E-state index contributed by atoms with van der Waals surface area (Å²) >= 11 is 3.56. The van der Waals surface area contributed by atoms with Crippen molar-refractivity contribution in [2.75, 3.05) is 0 Å². The SMILES string of the molecule is CC(C)(C)c1cc(C=Cc2cc(C=Cc3ccc(CBr)cc3)cc(C=Cc3cc(C(C)(C)C)cc(C(C)(C)C)c3)c2)cc(C(C)(C)C)c1. The van der Waals surface area contributed by atoms with Crippen LogP contribution in [0.5, 0.6) is 0 Å². The van der Waals surface area contributed by atoms with Gasteiger partial charge in [-0.25, -0.2) is 0 Å². The highest BCUT2D eigenvalue weighted by atomic mass is 79.9. The molecule has 0 fully saturated rings. The molecule has 0 aromatic heterocycles. The van der Waals surface area contributed by atoms with Crippen molar-refractivity contribution in [2.45, 2.75) is 110 Å². The second kappa shape index (κ2) is 14.6. The van der Waals surface area contributed by atoms with Crippen LogP contribution < -0.4 is 0 Å². The molecule has 0 aliphatic rings. The molecule has 4 aromatic rings. The van der Waals surface area contributed by atoms with Gasteiger partial charge in [0, 0.05) is 5.33 Å². The highest BCUT2D eigenvalue weighted by Gasteiger charge is 2.21. The Labute approximate surface area is 301 Å². The highest BCUT2D eigenvalue weighted by molar-refractivity contribution is 9.08. The van der Waals surface area contributed by atoms with E-state index in [0.29, 0.717) is 0 Å². The molecular weight excluding hydrogens is 644 g/mol. The minimum absolute atomic E-state index is 0.0798. The van der Waals surface area contributed by atoms with Crippen LogP contribution in [0.15, 0.2) is 78.9 Å². The van der Waals surface area contributed by atoms with E-state index in [1.807, 2.05) is 0 Å². The molecule has 0 saturated carbocycles. The molecule has 1 heteroatoms. The van der Waals surface area contributed by atoms with Gasteiger partial charge in [-0.1, -0.05) is 196 Å². The van der Waals surface area contributed by atoms with Crippen molar-refractivity contribution in [2.24, 2.45) is 0 Å². The van der Waals surface area contributed by atoms with Gasteiger partial charge in [-0.05, 0) is 101 Å². The summed E-state index contributed by atoms with van der Waals surface area (Å²) in [7, 11) is 0. The minimum Gasteiger partial charge on any atom is -0.0876 e. The zero-order valence-electron chi connectivity index (χ0n) is 31.6. The molecule has 4 aromatic carbocycles. The van der Waals surface area contributed by atoms with Gasteiger partial charge < -0.3 is 0 Å². The first-order valence-electron chi connectivity index (χ1n) is 17.4. The van der Waals surface area contributed by atoms with E-state index in [4.69, 9.17) is 0 Å². The van der Waals surface area contributed by atoms with E-state index >= 15 is 0 Å². The summed E-state index contributed by atoms with van der Waals surface area (Å²) < 4.78 is 0. The molecule has 0 saturated heterocycles. The Hall–Kier alpha value is -3.42. The van der Waals surface area contributed by atoms with Crippen LogP contribution in [-0.4, -0.2) is 0 Å². The number of hydrogen-bond acceptors (Lipinski definition) is 0. The summed E-state index contributed by atoms with van der Waals surface area (Å²) in [4.78, 5) is 0. The standard InChI is InChI=1S/C47H57Br/c1-44(2,3)40-26-38(27-41(30-40)45(4,5)6)21-19-36-23-35(18-15-33-13-16-34(32-48)17-14-33)24-37(25-36)20-22-39-28-42(46(7,8)9)31-43(29-39)47(10,11)12/h13-31H,32H2,1-12H3. The molecule has 0 nitrogen and oxygen atoms in total. The average molecular weight is 702 g/mol. The highest BCUT2D eigenvalue weighted by Crippen LogP contribution is 2.33. The smallest absolute Gasteiger partial charge is 0.0283 e. The minimum atomic E-state index is 0.0798. The van der Waals surface area contributed by atoms with Crippen molar-refractivity contribution in [1.29, 1.82) is 0 Å². The Bertz CT molecular complexity index is 1630. The van der Waals surface area contributed by atoms with Gasteiger partial charge in [0.1, 0.15) is 0 Å². The van der Waals surface area contributed by atoms with Gasteiger partial charge in [0.2, 0.25) is 0 Å². The second-order valence-electron chi connectivity index (χ2n) is 17.5. The lowest BCUT2D eigenvalue weighted by atomic mass is 9.79. The fourth-order valence-corrected chi connectivity index (χ4v) is 5.89. The van der Waals surface area contributed by atoms with Gasteiger partial charge >= 0.3 is 0 Å². The predicted octanol–water partition coefficient (Wildman–Crippen LogP) is 14.3. The van der Waals surface area contributed by atoms with Gasteiger partial charge in [0.05, 0.1) is 0 Å². The van der Waals surface area contributed by atoms with Crippen LogP contribution in [0.1, 0.15) is 144 Å². The fraction of sp³-hybridized carbons (Fsp3) is 0.362. The summed E-state index contributed by atoms with van der Waals surface area (Å²) in [6.45, 7) is 27.6. The Kier molecular flexibility index (Phi) is 11.4. The molecule has 4 rings (SSSR count). The molecular formula is C47H57Br. The van der Waals surface area contributed by atoms with Crippen molar-refractivity contribution in [3.63, 3.8) is 0 Å². The number of hydrogen-bond donors (Lipinski definition) is 0. The number of rotatable bonds is 7. The summed E-state index contributed by atoms with van der Waals surface area (Å²) in [5, 5.41) is 0.868. The Morgan fingerprint density at radius 3 is 0.854 bits per heavy atom. The van der Waals surface area contributed by atoms with E-state index < -0.39 is 0 Å². The molecule has 0 aliphatic heterocycles. The van der Waals surface area contributed by atoms with Gasteiger partial charge in [-0.15, -0.1) is 0 Å². The summed E-state index contributed by atoms with van der Waals surface area (Å²) in [6, 6.07) is 29.8. The fourth-order valence-electron chi connectivity index (χ4n) is 5.51. The van der Waals surface area contributed by atoms with Crippen LogP contribution in [0, 0.1) is 0 Å². The lowest BCUT2D eigenvalue weighted by molar-refractivity contribution is 0.568. The van der Waals surface area contributed by atoms with Crippen LogP contribution in [0.2, 0.25) is 0 Å². The maximum Gasteiger partial charge on any atom is 0.0283 e. The van der Waals surface area contributed by atoms with Crippen molar-refractivity contribution in [1.82, 2.24) is 0 Å². The first-order chi connectivity index (χ1) is 22.2. The van der Waals surface area contributed by atoms with E-state index in [0.717, 1.165) is 5.33 Å². The quantitative estimate of drug-likeness (QED) is 0.133. The largest absolute Gasteiger partial charge is 0.0876 e. The Morgan fingerprint density at radius 2 is 0.604 bits per heavy atom. The molecule has 0 amide bonds. The van der Waals surface area contributed by atoms with Crippen molar-refractivity contribution in [3.8, 4) is 0 Å². The molecule has 0 N–H and O–H groups in total. The van der Waals surface area contributed by atoms with E-state index in [-0.39, 0.29) is 21.7 Å². The summed E-state index contributed by atoms with van der Waals surface area (Å²) in [6.07, 6.45) is 13.5. The number of halogens is 1. The van der Waals surface area contributed by atoms with Crippen LogP contribution in [0.4, 0.5) is 0 Å². The van der Waals surface area contributed by atoms with Gasteiger partial charge in [0.25, 0.3) is 0 Å². The molecule has 0 unspecified atom stereocenters. The second-order valence-corrected chi connectivity index (χ2v) is 18.1. The lowest BCUT2D eigenvalue weighted by Crippen LogP contribution is -2.16. The Morgan fingerprint density at radius 1 is 0.354 bits per heavy atom. The van der Waals surface area contributed by atoms with Crippen LogP contribution >= 0.6 is 15.9 Å². The average Bonchev–Trinajstić information content (AvgIpc) is 3.00. The number of alkyl halides is 1. The van der Waals surface area contributed by atoms with Crippen LogP contribution in [0.25, 0.3) is 36.5 Å². The zero-order chi connectivity index (χ0) is 35.5.